The van der Waals surface area contributed by atoms with Crippen molar-refractivity contribution in [2.75, 3.05) is 27.2 Å². The van der Waals surface area contributed by atoms with Gasteiger partial charge in [-0.25, -0.2) is 8.42 Å². The van der Waals surface area contributed by atoms with Gasteiger partial charge in [-0.3, -0.25) is 4.79 Å². The van der Waals surface area contributed by atoms with Crippen molar-refractivity contribution in [3.63, 3.8) is 0 Å². The Bertz CT molecular complexity index is 570. The van der Waals surface area contributed by atoms with E-state index in [0.717, 1.165) is 5.56 Å². The lowest BCUT2D eigenvalue weighted by atomic mass is 10.2. The molecule has 6 nitrogen and oxygen atoms in total. The molecule has 0 saturated heterocycles. The molecular weight excluding hydrogens is 290 g/mol. The first-order valence-electron chi connectivity index (χ1n) is 6.76. The highest BCUT2D eigenvalue weighted by Crippen LogP contribution is 2.10. The number of nitrogens with zero attached hydrogens (tertiary/aromatic N) is 1. The fourth-order valence-corrected chi connectivity index (χ4v) is 2.99. The van der Waals surface area contributed by atoms with Crippen LogP contribution in [0.4, 0.5) is 0 Å². The fourth-order valence-electron chi connectivity index (χ4n) is 1.79. The maximum atomic E-state index is 12.2. The predicted octanol–water partition coefficient (Wildman–Crippen LogP) is 0.340. The Balaban J connectivity index is 2.74. The van der Waals surface area contributed by atoms with Gasteiger partial charge in [0, 0.05) is 20.1 Å². The lowest BCUT2D eigenvalue weighted by Gasteiger charge is -2.22. The van der Waals surface area contributed by atoms with Crippen LogP contribution in [0.1, 0.15) is 12.5 Å². The Morgan fingerprint density at radius 3 is 2.38 bits per heavy atom. The molecule has 0 radical (unpaired) electrons. The van der Waals surface area contributed by atoms with E-state index in [-0.39, 0.29) is 10.8 Å². The molecule has 2 N–H and O–H groups in total. The Labute approximate surface area is 126 Å². The highest BCUT2D eigenvalue weighted by molar-refractivity contribution is 7.89. The highest BCUT2D eigenvalue weighted by Gasteiger charge is 2.23. The van der Waals surface area contributed by atoms with Gasteiger partial charge in [-0.2, -0.15) is 4.72 Å². The Morgan fingerprint density at radius 1 is 1.29 bits per heavy atom. The zero-order chi connectivity index (χ0) is 16.0. The van der Waals surface area contributed by atoms with Crippen LogP contribution >= 0.6 is 0 Å². The summed E-state index contributed by atoms with van der Waals surface area (Å²) in [6, 6.07) is 5.69. The van der Waals surface area contributed by atoms with Crippen molar-refractivity contribution in [1.29, 1.82) is 0 Å². The smallest absolute Gasteiger partial charge is 0.241 e. The molecule has 7 heteroatoms. The number of benzene rings is 1. The third-order valence-electron chi connectivity index (χ3n) is 3.11. The maximum Gasteiger partial charge on any atom is 0.241 e. The third-order valence-corrected chi connectivity index (χ3v) is 4.66. The van der Waals surface area contributed by atoms with Crippen molar-refractivity contribution in [1.82, 2.24) is 14.9 Å². The van der Waals surface area contributed by atoms with Crippen molar-refractivity contribution in [2.24, 2.45) is 0 Å². The van der Waals surface area contributed by atoms with E-state index >= 15 is 0 Å². The van der Waals surface area contributed by atoms with Gasteiger partial charge in [-0.05, 0) is 33.0 Å². The molecule has 1 aromatic rings. The Kier molecular flexibility index (Phi) is 6.32. The first-order valence-corrected chi connectivity index (χ1v) is 8.25. The van der Waals surface area contributed by atoms with Crippen molar-refractivity contribution >= 4 is 15.9 Å². The van der Waals surface area contributed by atoms with E-state index in [2.05, 4.69) is 10.0 Å². The number of hydrogen-bond acceptors (Lipinski definition) is 4. The number of sulfonamides is 1. The van der Waals surface area contributed by atoms with E-state index in [1.165, 1.54) is 17.0 Å². The Hall–Kier alpha value is -1.44. The molecule has 0 aliphatic carbocycles. The summed E-state index contributed by atoms with van der Waals surface area (Å²) in [6.07, 6.45) is 0. The molecule has 0 heterocycles. The molecular formula is C14H23N3O3S. The van der Waals surface area contributed by atoms with Crippen LogP contribution < -0.4 is 10.0 Å². The average molecular weight is 313 g/mol. The van der Waals surface area contributed by atoms with Gasteiger partial charge in [-0.15, -0.1) is 0 Å². The van der Waals surface area contributed by atoms with Gasteiger partial charge in [0.25, 0.3) is 0 Å². The predicted molar refractivity (Wildman–Crippen MR) is 82.5 cm³/mol. The van der Waals surface area contributed by atoms with E-state index in [4.69, 9.17) is 0 Å². The monoisotopic (exact) mass is 313 g/mol. The summed E-state index contributed by atoms with van der Waals surface area (Å²) in [5.41, 5.74) is 0.977. The summed E-state index contributed by atoms with van der Waals surface area (Å²) in [7, 11) is -0.246. The minimum Gasteiger partial charge on any atom is -0.343 e. The number of aryl methyl sites for hydroxylation is 1. The number of carbonyl (C=O) groups is 1. The van der Waals surface area contributed by atoms with Crippen LogP contribution in [0.5, 0.6) is 0 Å². The maximum absolute atomic E-state index is 12.2. The van der Waals surface area contributed by atoms with Crippen LogP contribution in [0.3, 0.4) is 0 Å². The van der Waals surface area contributed by atoms with E-state index in [1.54, 1.807) is 33.2 Å². The summed E-state index contributed by atoms with van der Waals surface area (Å²) >= 11 is 0. The Morgan fingerprint density at radius 2 is 1.86 bits per heavy atom. The van der Waals surface area contributed by atoms with E-state index in [9.17, 15) is 13.2 Å². The zero-order valence-corrected chi connectivity index (χ0v) is 13.7. The third kappa shape index (κ3) is 5.11. The van der Waals surface area contributed by atoms with Gasteiger partial charge in [0.05, 0.1) is 10.9 Å². The second kappa shape index (κ2) is 7.53. The molecule has 1 amide bonds. The van der Waals surface area contributed by atoms with Gasteiger partial charge in [0.15, 0.2) is 0 Å². The molecule has 1 rings (SSSR count). The van der Waals surface area contributed by atoms with Gasteiger partial charge < -0.3 is 10.2 Å². The topological polar surface area (TPSA) is 78.5 Å². The van der Waals surface area contributed by atoms with E-state index in [1.807, 2.05) is 6.92 Å². The van der Waals surface area contributed by atoms with Crippen molar-refractivity contribution in [3.05, 3.63) is 29.8 Å². The number of nitrogens with one attached hydrogen (secondary N) is 2. The molecule has 0 bridgehead atoms. The molecule has 1 unspecified atom stereocenters. The van der Waals surface area contributed by atoms with E-state index in [0.29, 0.717) is 13.1 Å². The fraction of sp³-hybridized carbons (Fsp3) is 0.500. The summed E-state index contributed by atoms with van der Waals surface area (Å²) in [5, 5.41) is 2.94. The zero-order valence-electron chi connectivity index (χ0n) is 12.9. The molecule has 0 aliphatic rings. The second-order valence-corrected chi connectivity index (χ2v) is 6.73. The van der Waals surface area contributed by atoms with E-state index < -0.39 is 16.1 Å². The molecule has 0 aromatic heterocycles. The summed E-state index contributed by atoms with van der Waals surface area (Å²) in [6.45, 7) is 4.60. The molecule has 0 spiro atoms. The number of likely N-dealkylation sites (N-methyl/N-ethyl adjacent to an activating group) is 2. The van der Waals surface area contributed by atoms with Gasteiger partial charge in [-0.1, -0.05) is 17.7 Å². The normalized spacial score (nSPS) is 13.0. The van der Waals surface area contributed by atoms with Crippen molar-refractivity contribution in [3.8, 4) is 0 Å². The average Bonchev–Trinajstić information content (AvgIpc) is 2.43. The number of hydrogen-bond donors (Lipinski definition) is 2. The minimum atomic E-state index is -3.69. The quantitative estimate of drug-likeness (QED) is 0.761. The molecule has 1 aromatic carbocycles. The molecule has 118 valence electrons. The molecule has 0 fully saturated rings. The number of amides is 1. The van der Waals surface area contributed by atoms with Gasteiger partial charge >= 0.3 is 0 Å². The SMILES string of the molecule is CNCCN(C)C(=O)C(C)NS(=O)(=O)c1ccc(C)cc1. The minimum absolute atomic E-state index is 0.158. The second-order valence-electron chi connectivity index (χ2n) is 5.02. The lowest BCUT2D eigenvalue weighted by Crippen LogP contribution is -2.46. The standard InChI is InChI=1S/C14H23N3O3S/c1-11-5-7-13(8-6-11)21(19,20)16-12(2)14(18)17(4)10-9-15-3/h5-8,12,15-16H,9-10H2,1-4H3. The van der Waals surface area contributed by atoms with Crippen LogP contribution in [0.15, 0.2) is 29.2 Å². The summed E-state index contributed by atoms with van der Waals surface area (Å²) < 4.78 is 26.8. The van der Waals surface area contributed by atoms with Crippen molar-refractivity contribution in [2.45, 2.75) is 24.8 Å². The molecule has 0 aliphatic heterocycles. The molecule has 21 heavy (non-hydrogen) atoms. The van der Waals surface area contributed by atoms with Crippen LogP contribution in [-0.4, -0.2) is 52.5 Å². The first-order chi connectivity index (χ1) is 9.77. The number of rotatable bonds is 7. The number of carbonyl (C=O) groups excluding carboxylic acids is 1. The molecule has 1 atom stereocenters. The van der Waals surface area contributed by atoms with Crippen molar-refractivity contribution < 1.29 is 13.2 Å². The molecule has 0 saturated carbocycles. The summed E-state index contributed by atoms with van der Waals surface area (Å²) in [4.78, 5) is 13.7. The van der Waals surface area contributed by atoms with Gasteiger partial charge in [0.2, 0.25) is 15.9 Å². The van der Waals surface area contributed by atoms with Crippen LogP contribution in [0.2, 0.25) is 0 Å². The van der Waals surface area contributed by atoms with Crippen LogP contribution in [0.25, 0.3) is 0 Å². The lowest BCUT2D eigenvalue weighted by molar-refractivity contribution is -0.131. The first kappa shape index (κ1) is 17.6. The van der Waals surface area contributed by atoms with Crippen LogP contribution in [-0.2, 0) is 14.8 Å². The summed E-state index contributed by atoms with van der Waals surface area (Å²) in [5.74, 6) is -0.263. The largest absolute Gasteiger partial charge is 0.343 e. The van der Waals surface area contributed by atoms with Crippen LogP contribution in [0, 0.1) is 6.92 Å². The highest BCUT2D eigenvalue weighted by atomic mass is 32.2. The van der Waals surface area contributed by atoms with Gasteiger partial charge in [0.1, 0.15) is 0 Å².